The molecule has 0 spiro atoms. The van der Waals surface area contributed by atoms with Crippen LogP contribution in [0.4, 0.5) is 11.8 Å². The largest absolute Gasteiger partial charge is 0.368 e. The van der Waals surface area contributed by atoms with E-state index >= 15 is 0 Å². The molecule has 0 aromatic carbocycles. The lowest BCUT2D eigenvalue weighted by Gasteiger charge is -2.36. The van der Waals surface area contributed by atoms with E-state index in [1.807, 2.05) is 18.7 Å². The molecule has 2 aromatic rings. The molecule has 0 bridgehead atoms. The number of hydrogen-bond acceptors (Lipinski definition) is 7. The number of aromatic nitrogens is 4. The SMILES string of the molecule is Nc1nc2c(c(N3CCN(CCn4ccnc4)CC3)n1)CCNCC2. The van der Waals surface area contributed by atoms with E-state index in [0.29, 0.717) is 5.95 Å². The van der Waals surface area contributed by atoms with E-state index in [0.717, 1.165) is 76.7 Å². The predicted molar refractivity (Wildman–Crippen MR) is 97.6 cm³/mol. The fourth-order valence-corrected chi connectivity index (χ4v) is 3.66. The first-order chi connectivity index (χ1) is 12.3. The number of fused-ring (bicyclic) bond motifs is 1. The zero-order valence-electron chi connectivity index (χ0n) is 14.6. The molecular weight excluding hydrogens is 316 g/mol. The maximum atomic E-state index is 5.98. The van der Waals surface area contributed by atoms with Crippen molar-refractivity contribution in [3.8, 4) is 0 Å². The lowest BCUT2D eigenvalue weighted by Crippen LogP contribution is -2.48. The maximum absolute atomic E-state index is 5.98. The van der Waals surface area contributed by atoms with Crippen molar-refractivity contribution in [2.45, 2.75) is 19.4 Å². The summed E-state index contributed by atoms with van der Waals surface area (Å²) in [5, 5.41) is 3.44. The highest BCUT2D eigenvalue weighted by atomic mass is 15.3. The number of anilines is 2. The number of hydrogen-bond donors (Lipinski definition) is 2. The third-order valence-corrected chi connectivity index (χ3v) is 5.08. The highest BCUT2D eigenvalue weighted by Crippen LogP contribution is 2.25. The normalized spacial score (nSPS) is 18.8. The van der Waals surface area contributed by atoms with Crippen LogP contribution in [0, 0.1) is 0 Å². The van der Waals surface area contributed by atoms with Gasteiger partial charge in [0.1, 0.15) is 5.82 Å². The van der Waals surface area contributed by atoms with E-state index in [9.17, 15) is 0 Å². The van der Waals surface area contributed by atoms with Crippen molar-refractivity contribution < 1.29 is 0 Å². The van der Waals surface area contributed by atoms with Crippen LogP contribution in [0.5, 0.6) is 0 Å². The number of piperazine rings is 1. The summed E-state index contributed by atoms with van der Waals surface area (Å²) in [7, 11) is 0. The molecule has 8 nitrogen and oxygen atoms in total. The van der Waals surface area contributed by atoms with Crippen LogP contribution in [0.25, 0.3) is 0 Å². The van der Waals surface area contributed by atoms with Gasteiger partial charge in [-0.25, -0.2) is 9.97 Å². The average Bonchev–Trinajstić information content (AvgIpc) is 3.04. The topological polar surface area (TPSA) is 88.1 Å². The summed E-state index contributed by atoms with van der Waals surface area (Å²) in [6.07, 6.45) is 7.64. The van der Waals surface area contributed by atoms with Crippen LogP contribution in [-0.2, 0) is 19.4 Å². The number of nitrogens with two attached hydrogens (primary N) is 1. The Kier molecular flexibility index (Phi) is 4.80. The summed E-state index contributed by atoms with van der Waals surface area (Å²) >= 11 is 0. The molecule has 4 rings (SSSR count). The second-order valence-corrected chi connectivity index (χ2v) is 6.71. The summed E-state index contributed by atoms with van der Waals surface area (Å²) in [6.45, 7) is 8.06. The molecule has 4 heterocycles. The molecule has 0 radical (unpaired) electrons. The van der Waals surface area contributed by atoms with Crippen LogP contribution in [0.3, 0.4) is 0 Å². The van der Waals surface area contributed by atoms with Crippen molar-refractivity contribution >= 4 is 11.8 Å². The second-order valence-electron chi connectivity index (χ2n) is 6.71. The smallest absolute Gasteiger partial charge is 0.222 e. The lowest BCUT2D eigenvalue weighted by atomic mass is 10.1. The molecule has 134 valence electrons. The highest BCUT2D eigenvalue weighted by molar-refractivity contribution is 5.53. The van der Waals surface area contributed by atoms with E-state index < -0.39 is 0 Å². The van der Waals surface area contributed by atoms with Gasteiger partial charge in [-0.3, -0.25) is 4.90 Å². The van der Waals surface area contributed by atoms with E-state index in [1.54, 1.807) is 0 Å². The number of nitrogen functional groups attached to an aromatic ring is 1. The van der Waals surface area contributed by atoms with Crippen LogP contribution >= 0.6 is 0 Å². The molecule has 0 unspecified atom stereocenters. The summed E-state index contributed by atoms with van der Waals surface area (Å²) in [5.74, 6) is 1.46. The minimum atomic E-state index is 0.401. The van der Waals surface area contributed by atoms with E-state index in [2.05, 4.69) is 34.6 Å². The Morgan fingerprint density at radius 2 is 1.88 bits per heavy atom. The van der Waals surface area contributed by atoms with Crippen molar-refractivity contribution in [2.24, 2.45) is 0 Å². The van der Waals surface area contributed by atoms with E-state index in [1.165, 1.54) is 5.56 Å². The zero-order chi connectivity index (χ0) is 17.1. The van der Waals surface area contributed by atoms with Gasteiger partial charge in [0.25, 0.3) is 0 Å². The van der Waals surface area contributed by atoms with Crippen LogP contribution in [0.2, 0.25) is 0 Å². The Bertz CT molecular complexity index is 691. The predicted octanol–water partition coefficient (Wildman–Crippen LogP) is -0.234. The van der Waals surface area contributed by atoms with Gasteiger partial charge in [-0.2, -0.15) is 4.98 Å². The molecule has 3 N–H and O–H groups in total. The monoisotopic (exact) mass is 342 g/mol. The Balaban J connectivity index is 1.41. The molecular formula is C17H26N8. The number of imidazole rings is 1. The quantitative estimate of drug-likeness (QED) is 0.793. The Labute approximate surface area is 148 Å². The molecule has 1 fully saturated rings. The summed E-state index contributed by atoms with van der Waals surface area (Å²) in [6, 6.07) is 0. The standard InChI is InChI=1S/C17H26N8/c18-17-21-15-2-4-19-3-1-14(15)16(22-17)25-11-9-23(10-12-25)7-8-24-6-5-20-13-24/h5-6,13,19H,1-4,7-12H2,(H2,18,21,22). The first-order valence-corrected chi connectivity index (χ1v) is 9.08. The Hall–Kier alpha value is -2.19. The van der Waals surface area contributed by atoms with Gasteiger partial charge in [0.2, 0.25) is 5.95 Å². The molecule has 0 aliphatic carbocycles. The molecule has 2 aromatic heterocycles. The first-order valence-electron chi connectivity index (χ1n) is 9.08. The second kappa shape index (κ2) is 7.37. The van der Waals surface area contributed by atoms with Gasteiger partial charge in [0.05, 0.1) is 12.0 Å². The van der Waals surface area contributed by atoms with Gasteiger partial charge in [-0.1, -0.05) is 0 Å². The third kappa shape index (κ3) is 3.74. The summed E-state index contributed by atoms with van der Waals surface area (Å²) < 4.78 is 2.13. The summed E-state index contributed by atoms with van der Waals surface area (Å²) in [4.78, 5) is 18.1. The zero-order valence-corrected chi connectivity index (χ0v) is 14.6. The Morgan fingerprint density at radius 3 is 2.68 bits per heavy atom. The van der Waals surface area contributed by atoms with E-state index in [-0.39, 0.29) is 0 Å². The molecule has 2 aliphatic rings. The fraction of sp³-hybridized carbons (Fsp3) is 0.588. The van der Waals surface area contributed by atoms with Crippen molar-refractivity contribution in [1.82, 2.24) is 29.7 Å². The Morgan fingerprint density at radius 1 is 1.04 bits per heavy atom. The van der Waals surface area contributed by atoms with Crippen molar-refractivity contribution in [3.63, 3.8) is 0 Å². The third-order valence-electron chi connectivity index (χ3n) is 5.08. The maximum Gasteiger partial charge on any atom is 0.222 e. The number of rotatable bonds is 4. The van der Waals surface area contributed by atoms with Crippen LogP contribution in [0.15, 0.2) is 18.7 Å². The molecule has 2 aliphatic heterocycles. The molecule has 1 saturated heterocycles. The van der Waals surface area contributed by atoms with Gasteiger partial charge in [-0.05, 0) is 13.0 Å². The molecule has 0 atom stereocenters. The lowest BCUT2D eigenvalue weighted by molar-refractivity contribution is 0.247. The number of nitrogens with zero attached hydrogens (tertiary/aromatic N) is 6. The first kappa shape index (κ1) is 16.3. The van der Waals surface area contributed by atoms with Crippen molar-refractivity contribution in [2.75, 3.05) is 56.4 Å². The minimum absolute atomic E-state index is 0.401. The fourth-order valence-electron chi connectivity index (χ4n) is 3.66. The van der Waals surface area contributed by atoms with Crippen LogP contribution in [0.1, 0.15) is 11.3 Å². The van der Waals surface area contributed by atoms with E-state index in [4.69, 9.17) is 5.73 Å². The average molecular weight is 342 g/mol. The van der Waals surface area contributed by atoms with Gasteiger partial charge in [-0.15, -0.1) is 0 Å². The molecule has 25 heavy (non-hydrogen) atoms. The summed E-state index contributed by atoms with van der Waals surface area (Å²) in [5.41, 5.74) is 8.38. The molecule has 0 saturated carbocycles. The van der Waals surface area contributed by atoms with Gasteiger partial charge in [0.15, 0.2) is 0 Å². The van der Waals surface area contributed by atoms with Crippen molar-refractivity contribution in [3.05, 3.63) is 30.0 Å². The molecule has 0 amide bonds. The molecule has 8 heteroatoms. The van der Waals surface area contributed by atoms with Gasteiger partial charge < -0.3 is 20.5 Å². The van der Waals surface area contributed by atoms with Gasteiger partial charge >= 0.3 is 0 Å². The van der Waals surface area contributed by atoms with Crippen molar-refractivity contribution in [1.29, 1.82) is 0 Å². The minimum Gasteiger partial charge on any atom is -0.368 e. The number of nitrogens with one attached hydrogen (secondary N) is 1. The van der Waals surface area contributed by atoms with Crippen LogP contribution < -0.4 is 16.0 Å². The highest BCUT2D eigenvalue weighted by Gasteiger charge is 2.23. The van der Waals surface area contributed by atoms with Gasteiger partial charge in [0, 0.05) is 70.2 Å². The van der Waals surface area contributed by atoms with Crippen LogP contribution in [-0.4, -0.2) is 70.2 Å².